The maximum absolute atomic E-state index is 3.51. The van der Waals surface area contributed by atoms with Gasteiger partial charge in [0.25, 0.3) is 0 Å². The van der Waals surface area contributed by atoms with Gasteiger partial charge in [-0.15, -0.1) is 0 Å². The van der Waals surface area contributed by atoms with Crippen LogP contribution in [0.1, 0.15) is 5.56 Å². The van der Waals surface area contributed by atoms with Crippen LogP contribution in [0.4, 0.5) is 17.1 Å². The van der Waals surface area contributed by atoms with Crippen molar-refractivity contribution in [2.24, 2.45) is 0 Å². The second-order valence-electron chi connectivity index (χ2n) is 4.93. The fraction of sp³-hybridized carbons (Fsp3) is 0.0526. The van der Waals surface area contributed by atoms with E-state index >= 15 is 0 Å². The standard InChI is InChI=1S/C19H18N2/c1-16-10-8-9-15-19(16)20-21(17-11-4-2-5-12-17)18-13-6-3-7-14-18/h2-15,20H,1H3. The lowest BCUT2D eigenvalue weighted by atomic mass is 10.2. The normalized spacial score (nSPS) is 10.1. The zero-order valence-electron chi connectivity index (χ0n) is 12.0. The number of nitrogens with zero attached hydrogens (tertiary/aromatic N) is 1. The molecule has 0 heterocycles. The van der Waals surface area contributed by atoms with Crippen molar-refractivity contribution in [3.8, 4) is 0 Å². The Morgan fingerprint density at radius 1 is 0.619 bits per heavy atom. The van der Waals surface area contributed by atoms with Crippen molar-refractivity contribution in [1.82, 2.24) is 0 Å². The molecule has 2 heteroatoms. The van der Waals surface area contributed by atoms with Gasteiger partial charge in [-0.05, 0) is 42.8 Å². The molecule has 0 atom stereocenters. The molecule has 0 aliphatic rings. The first-order valence-electron chi connectivity index (χ1n) is 7.07. The van der Waals surface area contributed by atoms with E-state index in [4.69, 9.17) is 0 Å². The molecule has 0 unspecified atom stereocenters. The van der Waals surface area contributed by atoms with Crippen LogP contribution in [0.15, 0.2) is 84.9 Å². The summed E-state index contributed by atoms with van der Waals surface area (Å²) >= 11 is 0. The number of nitrogens with one attached hydrogen (secondary N) is 1. The number of hydrazine groups is 1. The Bertz CT molecular complexity index is 654. The Morgan fingerprint density at radius 3 is 1.62 bits per heavy atom. The number of anilines is 3. The van der Waals surface area contributed by atoms with E-state index in [0.717, 1.165) is 17.1 Å². The zero-order chi connectivity index (χ0) is 14.5. The van der Waals surface area contributed by atoms with E-state index in [-0.39, 0.29) is 0 Å². The van der Waals surface area contributed by atoms with E-state index < -0.39 is 0 Å². The molecular weight excluding hydrogens is 256 g/mol. The van der Waals surface area contributed by atoms with Gasteiger partial charge in [-0.2, -0.15) is 0 Å². The molecule has 0 fully saturated rings. The van der Waals surface area contributed by atoms with E-state index in [1.165, 1.54) is 5.56 Å². The second-order valence-corrected chi connectivity index (χ2v) is 4.93. The number of hydrogen-bond donors (Lipinski definition) is 1. The van der Waals surface area contributed by atoms with Crippen LogP contribution in [0.5, 0.6) is 0 Å². The summed E-state index contributed by atoms with van der Waals surface area (Å²) in [5, 5.41) is 2.10. The van der Waals surface area contributed by atoms with Crippen LogP contribution in [0.3, 0.4) is 0 Å². The first kappa shape index (κ1) is 13.3. The first-order chi connectivity index (χ1) is 10.3. The molecule has 104 valence electrons. The Balaban J connectivity index is 1.99. The minimum atomic E-state index is 1.10. The van der Waals surface area contributed by atoms with Gasteiger partial charge in [0.2, 0.25) is 0 Å². The molecule has 3 aromatic rings. The highest BCUT2D eigenvalue weighted by atomic mass is 15.5. The molecule has 1 N–H and O–H groups in total. The quantitative estimate of drug-likeness (QED) is 0.661. The summed E-state index contributed by atoms with van der Waals surface area (Å²) in [5.41, 5.74) is 8.04. The first-order valence-corrected chi connectivity index (χ1v) is 7.07. The van der Waals surface area contributed by atoms with Crippen molar-refractivity contribution in [2.45, 2.75) is 6.92 Å². The number of benzene rings is 3. The maximum atomic E-state index is 3.51. The predicted molar refractivity (Wildman–Crippen MR) is 89.8 cm³/mol. The molecule has 0 bridgehead atoms. The van der Waals surface area contributed by atoms with E-state index in [2.05, 4.69) is 59.8 Å². The fourth-order valence-electron chi connectivity index (χ4n) is 2.25. The molecule has 0 aliphatic carbocycles. The van der Waals surface area contributed by atoms with Gasteiger partial charge >= 0.3 is 0 Å². The lowest BCUT2D eigenvalue weighted by Crippen LogP contribution is -2.24. The van der Waals surface area contributed by atoms with Gasteiger partial charge in [0.1, 0.15) is 0 Å². The Kier molecular flexibility index (Phi) is 3.88. The lowest BCUT2D eigenvalue weighted by molar-refractivity contribution is 1.15. The predicted octanol–water partition coefficient (Wildman–Crippen LogP) is 5.16. The maximum Gasteiger partial charge on any atom is 0.0630 e. The summed E-state index contributed by atoms with van der Waals surface area (Å²) in [6.07, 6.45) is 0. The largest absolute Gasteiger partial charge is 0.294 e. The van der Waals surface area contributed by atoms with E-state index in [1.54, 1.807) is 0 Å². The van der Waals surface area contributed by atoms with Gasteiger partial charge in [-0.25, -0.2) is 0 Å². The molecule has 3 aromatic carbocycles. The smallest absolute Gasteiger partial charge is 0.0630 e. The number of para-hydroxylation sites is 3. The molecule has 0 saturated carbocycles. The molecule has 0 amide bonds. The summed E-state index contributed by atoms with van der Waals surface area (Å²) in [4.78, 5) is 0. The van der Waals surface area contributed by atoms with Gasteiger partial charge < -0.3 is 0 Å². The monoisotopic (exact) mass is 274 g/mol. The highest BCUT2D eigenvalue weighted by Gasteiger charge is 2.09. The molecular formula is C19H18N2. The highest BCUT2D eigenvalue weighted by Crippen LogP contribution is 2.26. The van der Waals surface area contributed by atoms with E-state index in [9.17, 15) is 0 Å². The third kappa shape index (κ3) is 3.06. The average molecular weight is 274 g/mol. The Morgan fingerprint density at radius 2 is 1.10 bits per heavy atom. The van der Waals surface area contributed by atoms with Gasteiger partial charge in [-0.1, -0.05) is 54.6 Å². The highest BCUT2D eigenvalue weighted by molar-refractivity contribution is 5.69. The molecule has 0 radical (unpaired) electrons. The minimum Gasteiger partial charge on any atom is -0.294 e. The fourth-order valence-corrected chi connectivity index (χ4v) is 2.25. The molecule has 0 saturated heterocycles. The minimum absolute atomic E-state index is 1.10. The number of aryl methyl sites for hydroxylation is 1. The molecule has 0 spiro atoms. The Hall–Kier alpha value is -2.74. The van der Waals surface area contributed by atoms with E-state index in [0.29, 0.717) is 0 Å². The molecule has 2 nitrogen and oxygen atoms in total. The third-order valence-corrected chi connectivity index (χ3v) is 3.41. The van der Waals surface area contributed by atoms with Crippen molar-refractivity contribution in [3.63, 3.8) is 0 Å². The summed E-state index contributed by atoms with van der Waals surface area (Å²) in [6.45, 7) is 2.11. The van der Waals surface area contributed by atoms with Gasteiger partial charge in [0, 0.05) is 0 Å². The van der Waals surface area contributed by atoms with Crippen LogP contribution in [-0.2, 0) is 0 Å². The molecule has 0 aliphatic heterocycles. The Labute approximate surface area is 125 Å². The second kappa shape index (κ2) is 6.14. The molecule has 3 rings (SSSR count). The number of rotatable bonds is 4. The van der Waals surface area contributed by atoms with Gasteiger partial charge in [-0.3, -0.25) is 10.4 Å². The SMILES string of the molecule is Cc1ccccc1NN(c1ccccc1)c1ccccc1. The van der Waals surface area contributed by atoms with Crippen LogP contribution in [-0.4, -0.2) is 0 Å². The topological polar surface area (TPSA) is 15.3 Å². The summed E-state index contributed by atoms with van der Waals surface area (Å²) in [7, 11) is 0. The third-order valence-electron chi connectivity index (χ3n) is 3.41. The summed E-state index contributed by atoms with van der Waals surface area (Å²) in [5.74, 6) is 0. The molecule has 21 heavy (non-hydrogen) atoms. The average Bonchev–Trinajstić information content (AvgIpc) is 2.56. The number of hydrogen-bond acceptors (Lipinski definition) is 2. The van der Waals surface area contributed by atoms with Crippen molar-refractivity contribution < 1.29 is 0 Å². The van der Waals surface area contributed by atoms with Crippen LogP contribution >= 0.6 is 0 Å². The summed E-state index contributed by atoms with van der Waals surface area (Å²) < 4.78 is 0. The molecule has 0 aromatic heterocycles. The van der Waals surface area contributed by atoms with Gasteiger partial charge in [0.05, 0.1) is 17.1 Å². The van der Waals surface area contributed by atoms with Crippen molar-refractivity contribution in [1.29, 1.82) is 0 Å². The van der Waals surface area contributed by atoms with Crippen molar-refractivity contribution in [2.75, 3.05) is 10.4 Å². The summed E-state index contributed by atoms with van der Waals surface area (Å²) in [6, 6.07) is 28.9. The lowest BCUT2D eigenvalue weighted by Gasteiger charge is -2.27. The van der Waals surface area contributed by atoms with Crippen LogP contribution in [0, 0.1) is 6.92 Å². The van der Waals surface area contributed by atoms with Crippen molar-refractivity contribution in [3.05, 3.63) is 90.5 Å². The van der Waals surface area contributed by atoms with E-state index in [1.807, 2.05) is 42.5 Å². The van der Waals surface area contributed by atoms with Crippen LogP contribution in [0.2, 0.25) is 0 Å². The van der Waals surface area contributed by atoms with Crippen LogP contribution < -0.4 is 10.4 Å². The zero-order valence-corrected chi connectivity index (χ0v) is 12.0. The van der Waals surface area contributed by atoms with Crippen molar-refractivity contribution >= 4 is 17.1 Å². The van der Waals surface area contributed by atoms with Crippen LogP contribution in [0.25, 0.3) is 0 Å². The van der Waals surface area contributed by atoms with Gasteiger partial charge in [0.15, 0.2) is 0 Å².